The summed E-state index contributed by atoms with van der Waals surface area (Å²) in [4.78, 5) is 13.3. The van der Waals surface area contributed by atoms with Crippen LogP contribution in [0.5, 0.6) is 5.06 Å². The van der Waals surface area contributed by atoms with Crippen LogP contribution in [0.1, 0.15) is 40.5 Å². The van der Waals surface area contributed by atoms with Crippen LogP contribution in [-0.4, -0.2) is 5.11 Å². The van der Waals surface area contributed by atoms with Crippen LogP contribution in [0.2, 0.25) is 0 Å². The number of fused-ring (bicyclic) bond motifs is 2. The largest absolute Gasteiger partial charge is 0.499 e. The summed E-state index contributed by atoms with van der Waals surface area (Å²) in [6.07, 6.45) is 1.79. The molecule has 1 aliphatic carbocycles. The highest BCUT2D eigenvalue weighted by atomic mass is 32.1. The predicted molar refractivity (Wildman–Crippen MR) is 116 cm³/mol. The molecule has 2 nitrogen and oxygen atoms in total. The van der Waals surface area contributed by atoms with Crippen LogP contribution >= 0.6 is 11.3 Å². The van der Waals surface area contributed by atoms with E-state index in [0.29, 0.717) is 16.9 Å². The summed E-state index contributed by atoms with van der Waals surface area (Å²) in [5.74, 6) is 0.236. The van der Waals surface area contributed by atoms with E-state index in [9.17, 15) is 9.90 Å². The number of aromatic hydroxyl groups is 1. The fourth-order valence-electron chi connectivity index (χ4n) is 4.52. The zero-order chi connectivity index (χ0) is 19.1. The van der Waals surface area contributed by atoms with Gasteiger partial charge in [0.05, 0.1) is 5.56 Å². The second-order valence-electron chi connectivity index (χ2n) is 7.45. The van der Waals surface area contributed by atoms with Crippen molar-refractivity contribution in [2.75, 3.05) is 0 Å². The number of hydrogen-bond donors (Lipinski definition) is 1. The quantitative estimate of drug-likeness (QED) is 0.472. The average Bonchev–Trinajstić information content (AvgIpc) is 2.74. The summed E-state index contributed by atoms with van der Waals surface area (Å²) in [5, 5.41) is 11.7. The Hall–Kier alpha value is -2.91. The molecule has 3 heteroatoms. The molecule has 0 saturated heterocycles. The monoisotopic (exact) mass is 384 g/mol. The van der Waals surface area contributed by atoms with Gasteiger partial charge in [-0.25, -0.2) is 0 Å². The fourth-order valence-corrected chi connectivity index (χ4v) is 5.50. The zero-order valence-electron chi connectivity index (χ0n) is 15.3. The van der Waals surface area contributed by atoms with E-state index < -0.39 is 0 Å². The minimum atomic E-state index is -0.0940. The molecule has 0 saturated carbocycles. The van der Waals surface area contributed by atoms with Crippen molar-refractivity contribution in [1.29, 1.82) is 0 Å². The molecular weight excluding hydrogens is 364 g/mol. The van der Waals surface area contributed by atoms with Crippen molar-refractivity contribution in [3.8, 4) is 5.06 Å². The van der Waals surface area contributed by atoms with Crippen LogP contribution in [0, 0.1) is 0 Å². The van der Waals surface area contributed by atoms with Crippen LogP contribution in [0.15, 0.2) is 83.7 Å². The third-order valence-corrected chi connectivity index (χ3v) is 6.84. The molecule has 1 heterocycles. The van der Waals surface area contributed by atoms with Crippen LogP contribution < -0.4 is 5.43 Å². The molecule has 1 aromatic heterocycles. The highest BCUT2D eigenvalue weighted by molar-refractivity contribution is 7.20. The van der Waals surface area contributed by atoms with Gasteiger partial charge in [-0.1, -0.05) is 78.1 Å². The van der Waals surface area contributed by atoms with Gasteiger partial charge < -0.3 is 5.11 Å². The molecule has 2 unspecified atom stereocenters. The Morgan fingerprint density at radius 3 is 2.43 bits per heavy atom. The van der Waals surface area contributed by atoms with Crippen molar-refractivity contribution in [3.05, 3.63) is 111 Å². The van der Waals surface area contributed by atoms with E-state index in [1.165, 1.54) is 28.0 Å². The van der Waals surface area contributed by atoms with E-state index >= 15 is 0 Å². The molecule has 28 heavy (non-hydrogen) atoms. The van der Waals surface area contributed by atoms with Crippen LogP contribution in [0.3, 0.4) is 0 Å². The molecular formula is C25H20O2S. The summed E-state index contributed by atoms with van der Waals surface area (Å²) in [5.41, 5.74) is 4.24. The highest BCUT2D eigenvalue weighted by Gasteiger charge is 2.32. The lowest BCUT2D eigenvalue weighted by Crippen LogP contribution is -2.23. The summed E-state index contributed by atoms with van der Waals surface area (Å²) in [6.45, 7) is 0. The molecule has 138 valence electrons. The minimum absolute atomic E-state index is 0.0413. The smallest absolute Gasteiger partial charge is 0.195 e. The third kappa shape index (κ3) is 2.83. The molecule has 0 bridgehead atoms. The molecule has 4 aromatic rings. The van der Waals surface area contributed by atoms with Crippen molar-refractivity contribution in [3.63, 3.8) is 0 Å². The van der Waals surface area contributed by atoms with Gasteiger partial charge in [0.1, 0.15) is 0 Å². The van der Waals surface area contributed by atoms with Crippen molar-refractivity contribution < 1.29 is 5.11 Å². The van der Waals surface area contributed by atoms with Crippen molar-refractivity contribution >= 4 is 21.4 Å². The molecule has 0 aliphatic heterocycles. The Balaban J connectivity index is 1.70. The molecule has 1 aliphatic rings. The maximum absolute atomic E-state index is 13.3. The number of rotatable bonds is 2. The van der Waals surface area contributed by atoms with Gasteiger partial charge in [0, 0.05) is 16.0 Å². The van der Waals surface area contributed by atoms with Crippen molar-refractivity contribution in [2.45, 2.75) is 24.7 Å². The summed E-state index contributed by atoms with van der Waals surface area (Å²) in [6, 6.07) is 26.4. The molecule has 3 aromatic carbocycles. The van der Waals surface area contributed by atoms with E-state index in [2.05, 4.69) is 42.5 Å². The summed E-state index contributed by atoms with van der Waals surface area (Å²) >= 11 is 1.30. The van der Waals surface area contributed by atoms with Gasteiger partial charge in [-0.2, -0.15) is 0 Å². The fraction of sp³-hybridized carbons (Fsp3) is 0.160. The lowest BCUT2D eigenvalue weighted by atomic mass is 9.72. The Bertz CT molecular complexity index is 1210. The lowest BCUT2D eigenvalue weighted by Gasteiger charge is -2.32. The van der Waals surface area contributed by atoms with Gasteiger partial charge in [0.15, 0.2) is 10.5 Å². The highest BCUT2D eigenvalue weighted by Crippen LogP contribution is 2.45. The standard InChI is InChI=1S/C25H20O2S/c26-24-20-12-6-7-13-22(20)28-25(27)23(24)21-15-18(16-8-2-1-3-9-16)14-17-10-4-5-11-19(17)21/h1-13,18,21,27H,14-15H2. The van der Waals surface area contributed by atoms with Gasteiger partial charge in [-0.05, 0) is 47.6 Å². The van der Waals surface area contributed by atoms with Gasteiger partial charge >= 0.3 is 0 Å². The van der Waals surface area contributed by atoms with E-state index in [1.807, 2.05) is 36.4 Å². The van der Waals surface area contributed by atoms with Gasteiger partial charge in [0.2, 0.25) is 0 Å². The second-order valence-corrected chi connectivity index (χ2v) is 8.48. The molecule has 2 atom stereocenters. The summed E-state index contributed by atoms with van der Waals surface area (Å²) < 4.78 is 0.831. The average molecular weight is 385 g/mol. The Morgan fingerprint density at radius 1 is 0.857 bits per heavy atom. The molecule has 0 spiro atoms. The Kier molecular flexibility index (Phi) is 4.25. The number of benzene rings is 3. The molecule has 0 radical (unpaired) electrons. The first-order chi connectivity index (χ1) is 13.7. The molecule has 0 fully saturated rings. The first-order valence-corrected chi connectivity index (χ1v) is 10.4. The van der Waals surface area contributed by atoms with Gasteiger partial charge in [0.25, 0.3) is 0 Å². The van der Waals surface area contributed by atoms with E-state index in [0.717, 1.165) is 17.5 Å². The first-order valence-electron chi connectivity index (χ1n) is 9.60. The van der Waals surface area contributed by atoms with Crippen LogP contribution in [0.4, 0.5) is 0 Å². The summed E-state index contributed by atoms with van der Waals surface area (Å²) in [7, 11) is 0. The Labute approximate surface area is 167 Å². The van der Waals surface area contributed by atoms with E-state index in [4.69, 9.17) is 0 Å². The molecule has 1 N–H and O–H groups in total. The topological polar surface area (TPSA) is 37.3 Å². The maximum Gasteiger partial charge on any atom is 0.195 e. The van der Waals surface area contributed by atoms with Crippen LogP contribution in [-0.2, 0) is 6.42 Å². The van der Waals surface area contributed by atoms with Gasteiger partial charge in [-0.15, -0.1) is 0 Å². The van der Waals surface area contributed by atoms with Gasteiger partial charge in [-0.3, -0.25) is 4.79 Å². The third-order valence-electron chi connectivity index (χ3n) is 5.85. The first kappa shape index (κ1) is 17.2. The number of hydrogen-bond acceptors (Lipinski definition) is 3. The molecule has 0 amide bonds. The normalized spacial score (nSPS) is 18.7. The van der Waals surface area contributed by atoms with Crippen LogP contribution in [0.25, 0.3) is 10.1 Å². The predicted octanol–water partition coefficient (Wildman–Crippen LogP) is 5.83. The zero-order valence-corrected chi connectivity index (χ0v) is 16.2. The minimum Gasteiger partial charge on any atom is -0.499 e. The lowest BCUT2D eigenvalue weighted by molar-refractivity contribution is 0.465. The maximum atomic E-state index is 13.3. The van der Waals surface area contributed by atoms with E-state index in [-0.39, 0.29) is 16.4 Å². The molecule has 5 rings (SSSR count). The van der Waals surface area contributed by atoms with E-state index in [1.54, 1.807) is 0 Å². The SMILES string of the molecule is O=c1c(C2CC(c3ccccc3)Cc3ccccc32)c(O)sc2ccccc12. The second kappa shape index (κ2) is 6.92. The van der Waals surface area contributed by atoms with Crippen molar-refractivity contribution in [2.24, 2.45) is 0 Å². The Morgan fingerprint density at radius 2 is 1.57 bits per heavy atom. The van der Waals surface area contributed by atoms with Crippen molar-refractivity contribution in [1.82, 2.24) is 0 Å².